The van der Waals surface area contributed by atoms with Gasteiger partial charge < -0.3 is 10.1 Å². The van der Waals surface area contributed by atoms with E-state index in [1.807, 2.05) is 0 Å². The number of nitrogens with zero attached hydrogens (tertiary/aromatic N) is 1. The van der Waals surface area contributed by atoms with Crippen LogP contribution in [0.2, 0.25) is 0 Å². The zero-order valence-electron chi connectivity index (χ0n) is 6.98. The van der Waals surface area contributed by atoms with Crippen molar-refractivity contribution >= 4 is 18.1 Å². The van der Waals surface area contributed by atoms with Crippen LogP contribution in [-0.4, -0.2) is 24.5 Å². The van der Waals surface area contributed by atoms with Gasteiger partial charge in [0.05, 0.1) is 19.0 Å². The van der Waals surface area contributed by atoms with Crippen LogP contribution in [0.3, 0.4) is 0 Å². The van der Waals surface area contributed by atoms with Crippen LogP contribution in [0, 0.1) is 0 Å². The fourth-order valence-electron chi connectivity index (χ4n) is 0.773. The molecule has 0 fully saturated rings. The standard InChI is InChI=1S/C8H8N2O3/c1-13-8(12)7-3-2-6(4-9-7)10-5-11/h2-5H,1H3,(H,10,11). The smallest absolute Gasteiger partial charge is 0.356 e. The third-order valence-corrected chi connectivity index (χ3v) is 1.38. The maximum atomic E-state index is 10.9. The lowest BCUT2D eigenvalue weighted by Gasteiger charge is -1.99. The Labute approximate surface area is 74.7 Å². The first-order valence-electron chi connectivity index (χ1n) is 3.52. The molecule has 0 spiro atoms. The lowest BCUT2D eigenvalue weighted by molar-refractivity contribution is -0.105. The Morgan fingerprint density at radius 2 is 2.38 bits per heavy atom. The second-order valence-corrected chi connectivity index (χ2v) is 2.19. The molecule has 1 aromatic heterocycles. The molecule has 0 atom stereocenters. The first-order chi connectivity index (χ1) is 6.27. The SMILES string of the molecule is COC(=O)c1ccc(NC=O)cn1. The normalized spacial score (nSPS) is 9.00. The third-order valence-electron chi connectivity index (χ3n) is 1.38. The van der Waals surface area contributed by atoms with E-state index in [-0.39, 0.29) is 5.69 Å². The number of hydrogen-bond donors (Lipinski definition) is 1. The molecule has 1 rings (SSSR count). The number of pyridine rings is 1. The fourth-order valence-corrected chi connectivity index (χ4v) is 0.773. The number of methoxy groups -OCH3 is 1. The second kappa shape index (κ2) is 4.20. The molecule has 0 aromatic carbocycles. The predicted octanol–water partition coefficient (Wildman–Crippen LogP) is 0.436. The quantitative estimate of drug-likeness (QED) is 0.541. The van der Waals surface area contributed by atoms with Crippen molar-refractivity contribution in [2.45, 2.75) is 0 Å². The number of rotatable bonds is 3. The zero-order valence-corrected chi connectivity index (χ0v) is 6.98. The van der Waals surface area contributed by atoms with Crippen molar-refractivity contribution in [3.63, 3.8) is 0 Å². The summed E-state index contributed by atoms with van der Waals surface area (Å²) in [7, 11) is 1.28. The Morgan fingerprint density at radius 1 is 1.62 bits per heavy atom. The average Bonchev–Trinajstić information content (AvgIpc) is 2.18. The molecule has 1 aromatic rings. The van der Waals surface area contributed by atoms with Gasteiger partial charge in [0.15, 0.2) is 0 Å². The van der Waals surface area contributed by atoms with Gasteiger partial charge in [0, 0.05) is 0 Å². The molecule has 0 unspecified atom stereocenters. The summed E-state index contributed by atoms with van der Waals surface area (Å²) in [6, 6.07) is 3.03. The van der Waals surface area contributed by atoms with Gasteiger partial charge >= 0.3 is 5.97 Å². The topological polar surface area (TPSA) is 68.3 Å². The molecule has 5 nitrogen and oxygen atoms in total. The molecule has 1 N–H and O–H groups in total. The highest BCUT2D eigenvalue weighted by Gasteiger charge is 2.05. The Kier molecular flexibility index (Phi) is 2.97. The van der Waals surface area contributed by atoms with Gasteiger partial charge in [-0.15, -0.1) is 0 Å². The van der Waals surface area contributed by atoms with Crippen LogP contribution in [0.1, 0.15) is 10.5 Å². The molecular weight excluding hydrogens is 172 g/mol. The molecule has 5 heteroatoms. The fraction of sp³-hybridized carbons (Fsp3) is 0.125. The van der Waals surface area contributed by atoms with Crippen molar-refractivity contribution in [2.75, 3.05) is 12.4 Å². The maximum absolute atomic E-state index is 10.9. The largest absolute Gasteiger partial charge is 0.464 e. The summed E-state index contributed by atoms with van der Waals surface area (Å²) in [6.45, 7) is 0. The van der Waals surface area contributed by atoms with Crippen molar-refractivity contribution in [3.05, 3.63) is 24.0 Å². The van der Waals surface area contributed by atoms with E-state index >= 15 is 0 Å². The molecule has 1 amide bonds. The Morgan fingerprint density at radius 3 is 2.85 bits per heavy atom. The van der Waals surface area contributed by atoms with Crippen LogP contribution in [-0.2, 0) is 9.53 Å². The number of carbonyl (C=O) groups is 2. The van der Waals surface area contributed by atoms with Gasteiger partial charge in [-0.25, -0.2) is 9.78 Å². The lowest BCUT2D eigenvalue weighted by Crippen LogP contribution is -2.04. The summed E-state index contributed by atoms with van der Waals surface area (Å²) in [4.78, 5) is 24.7. The van der Waals surface area contributed by atoms with Crippen molar-refractivity contribution in [1.29, 1.82) is 0 Å². The van der Waals surface area contributed by atoms with E-state index < -0.39 is 5.97 Å². The number of hydrogen-bond acceptors (Lipinski definition) is 4. The average molecular weight is 180 g/mol. The second-order valence-electron chi connectivity index (χ2n) is 2.19. The van der Waals surface area contributed by atoms with E-state index in [4.69, 9.17) is 0 Å². The summed E-state index contributed by atoms with van der Waals surface area (Å²) in [5, 5.41) is 2.40. The van der Waals surface area contributed by atoms with E-state index in [0.29, 0.717) is 12.1 Å². The number of nitrogens with one attached hydrogen (secondary N) is 1. The number of anilines is 1. The van der Waals surface area contributed by atoms with Crippen LogP contribution in [0.15, 0.2) is 18.3 Å². The summed E-state index contributed by atoms with van der Waals surface area (Å²) < 4.78 is 4.44. The molecule has 0 saturated heterocycles. The van der Waals surface area contributed by atoms with Crippen molar-refractivity contribution in [1.82, 2.24) is 4.98 Å². The number of ether oxygens (including phenoxy) is 1. The molecular formula is C8H8N2O3. The zero-order chi connectivity index (χ0) is 9.68. The molecule has 0 aliphatic rings. The van der Waals surface area contributed by atoms with Gasteiger partial charge in [0.25, 0.3) is 0 Å². The summed E-state index contributed by atoms with van der Waals surface area (Å²) in [6.07, 6.45) is 1.91. The minimum Gasteiger partial charge on any atom is -0.464 e. The molecule has 1 heterocycles. The number of carbonyl (C=O) groups excluding carboxylic acids is 2. The molecule has 0 radical (unpaired) electrons. The van der Waals surface area contributed by atoms with Crippen molar-refractivity contribution in [2.24, 2.45) is 0 Å². The molecule has 68 valence electrons. The van der Waals surface area contributed by atoms with Crippen LogP contribution in [0.25, 0.3) is 0 Å². The van der Waals surface area contributed by atoms with E-state index in [9.17, 15) is 9.59 Å². The summed E-state index contributed by atoms with van der Waals surface area (Å²) in [5.41, 5.74) is 0.738. The van der Waals surface area contributed by atoms with Crippen LogP contribution >= 0.6 is 0 Å². The van der Waals surface area contributed by atoms with Gasteiger partial charge in [0.2, 0.25) is 6.41 Å². The Balaban J connectivity index is 2.80. The van der Waals surface area contributed by atoms with Crippen molar-refractivity contribution < 1.29 is 14.3 Å². The van der Waals surface area contributed by atoms with E-state index in [2.05, 4.69) is 15.0 Å². The molecule has 0 aliphatic heterocycles. The highest BCUT2D eigenvalue weighted by Crippen LogP contribution is 2.05. The minimum absolute atomic E-state index is 0.207. The Hall–Kier alpha value is -1.91. The van der Waals surface area contributed by atoms with Gasteiger partial charge in [-0.3, -0.25) is 4.79 Å². The number of aromatic nitrogens is 1. The number of amides is 1. The highest BCUT2D eigenvalue weighted by atomic mass is 16.5. The van der Waals surface area contributed by atoms with E-state index in [1.54, 1.807) is 6.07 Å². The molecule has 0 bridgehead atoms. The Bertz CT molecular complexity index is 308. The molecule has 0 saturated carbocycles. The maximum Gasteiger partial charge on any atom is 0.356 e. The first kappa shape index (κ1) is 9.18. The van der Waals surface area contributed by atoms with Crippen LogP contribution in [0.4, 0.5) is 5.69 Å². The summed E-state index contributed by atoms with van der Waals surface area (Å²) in [5.74, 6) is -0.502. The molecule has 13 heavy (non-hydrogen) atoms. The minimum atomic E-state index is -0.502. The number of esters is 1. The van der Waals surface area contributed by atoms with Gasteiger partial charge in [0.1, 0.15) is 5.69 Å². The van der Waals surface area contributed by atoms with Crippen LogP contribution < -0.4 is 5.32 Å². The lowest BCUT2D eigenvalue weighted by atomic mass is 10.3. The first-order valence-corrected chi connectivity index (χ1v) is 3.52. The third kappa shape index (κ3) is 2.26. The summed E-state index contributed by atoms with van der Waals surface area (Å²) >= 11 is 0. The van der Waals surface area contributed by atoms with Crippen molar-refractivity contribution in [3.8, 4) is 0 Å². The molecule has 0 aliphatic carbocycles. The monoisotopic (exact) mass is 180 g/mol. The predicted molar refractivity (Wildman–Crippen MR) is 45.3 cm³/mol. The van der Waals surface area contributed by atoms with Gasteiger partial charge in [-0.2, -0.15) is 0 Å². The van der Waals surface area contributed by atoms with E-state index in [0.717, 1.165) is 0 Å². The van der Waals surface area contributed by atoms with Gasteiger partial charge in [-0.1, -0.05) is 0 Å². The van der Waals surface area contributed by atoms with Crippen LogP contribution in [0.5, 0.6) is 0 Å². The highest BCUT2D eigenvalue weighted by molar-refractivity contribution is 5.87. The van der Waals surface area contributed by atoms with E-state index in [1.165, 1.54) is 19.4 Å². The van der Waals surface area contributed by atoms with Gasteiger partial charge in [-0.05, 0) is 12.1 Å².